The second-order valence-electron chi connectivity index (χ2n) is 10.3. The van der Waals surface area contributed by atoms with E-state index in [-0.39, 0.29) is 11.6 Å². The monoisotopic (exact) mass is 524 g/mol. The van der Waals surface area contributed by atoms with Gasteiger partial charge in [0.05, 0.1) is 5.56 Å². The van der Waals surface area contributed by atoms with E-state index in [4.69, 9.17) is 4.43 Å². The van der Waals surface area contributed by atoms with Crippen molar-refractivity contribution in [1.82, 2.24) is 0 Å². The Balaban J connectivity index is 1.64. The van der Waals surface area contributed by atoms with Crippen molar-refractivity contribution in [2.75, 3.05) is 0 Å². The molecule has 0 fully saturated rings. The van der Waals surface area contributed by atoms with Gasteiger partial charge in [-0.2, -0.15) is 0 Å². The first-order valence-electron chi connectivity index (χ1n) is 13.1. The molecule has 0 heterocycles. The van der Waals surface area contributed by atoms with Crippen molar-refractivity contribution in [3.8, 4) is 5.75 Å². The molecule has 0 atom stereocenters. The second-order valence-corrected chi connectivity index (χ2v) is 13.6. The molecule has 0 unspecified atom stereocenters. The van der Waals surface area contributed by atoms with Gasteiger partial charge in [0, 0.05) is 16.7 Å². The maximum Gasteiger partial charge on any atom is 0.346 e. The maximum absolute atomic E-state index is 13.9. The van der Waals surface area contributed by atoms with Crippen LogP contribution in [0.25, 0.3) is 0 Å². The molecule has 5 aromatic carbocycles. The zero-order valence-electron chi connectivity index (χ0n) is 22.2. The molecule has 0 saturated carbocycles. The molecule has 0 saturated heterocycles. The van der Waals surface area contributed by atoms with Gasteiger partial charge in [-0.05, 0) is 42.4 Å². The molecular weight excluding hydrogens is 496 g/mol. The van der Waals surface area contributed by atoms with Gasteiger partial charge in [-0.3, -0.25) is 9.59 Å². The van der Waals surface area contributed by atoms with E-state index in [0.717, 1.165) is 32.3 Å². The Labute approximate surface area is 229 Å². The van der Waals surface area contributed by atoms with Crippen molar-refractivity contribution >= 4 is 35.4 Å². The molecule has 190 valence electrons. The summed E-state index contributed by atoms with van der Waals surface area (Å²) in [5.74, 6) is 0.100. The Morgan fingerprint density at radius 1 is 0.462 bits per heavy atom. The largest absolute Gasteiger partial charge is 0.530 e. The highest BCUT2D eigenvalue weighted by atomic mass is 28.4. The minimum atomic E-state index is -3.20. The Kier molecular flexibility index (Phi) is 6.13. The van der Waals surface area contributed by atoms with Crippen LogP contribution in [0.15, 0.2) is 115 Å². The van der Waals surface area contributed by atoms with Crippen molar-refractivity contribution in [2.45, 2.75) is 20.8 Å². The predicted octanol–water partition coefficient (Wildman–Crippen LogP) is 5.43. The van der Waals surface area contributed by atoms with E-state index in [9.17, 15) is 9.59 Å². The van der Waals surface area contributed by atoms with Crippen LogP contribution < -0.4 is 20.0 Å². The van der Waals surface area contributed by atoms with Gasteiger partial charge >= 0.3 is 8.32 Å². The van der Waals surface area contributed by atoms with E-state index < -0.39 is 8.32 Å². The lowest BCUT2D eigenvalue weighted by atomic mass is 9.84. The quantitative estimate of drug-likeness (QED) is 0.223. The number of hydrogen-bond acceptors (Lipinski definition) is 3. The Morgan fingerprint density at radius 2 is 0.872 bits per heavy atom. The summed E-state index contributed by atoms with van der Waals surface area (Å²) in [6, 6.07) is 37.9. The topological polar surface area (TPSA) is 43.4 Å². The van der Waals surface area contributed by atoms with Gasteiger partial charge in [-0.15, -0.1) is 0 Å². The molecule has 0 aromatic heterocycles. The Morgan fingerprint density at radius 3 is 1.33 bits per heavy atom. The van der Waals surface area contributed by atoms with E-state index in [2.05, 4.69) is 93.6 Å². The maximum atomic E-state index is 13.9. The summed E-state index contributed by atoms with van der Waals surface area (Å²) >= 11 is 0. The molecule has 4 heteroatoms. The van der Waals surface area contributed by atoms with E-state index >= 15 is 0 Å². The number of benzene rings is 5. The van der Waals surface area contributed by atoms with Crippen molar-refractivity contribution < 1.29 is 14.0 Å². The highest BCUT2D eigenvalue weighted by Crippen LogP contribution is 2.34. The zero-order chi connectivity index (χ0) is 27.1. The van der Waals surface area contributed by atoms with Crippen LogP contribution in [0.4, 0.5) is 0 Å². The molecule has 0 bridgehead atoms. The van der Waals surface area contributed by atoms with Crippen molar-refractivity contribution in [1.29, 1.82) is 0 Å². The van der Waals surface area contributed by atoms with Crippen LogP contribution in [0.3, 0.4) is 0 Å². The van der Waals surface area contributed by atoms with Crippen molar-refractivity contribution in [3.63, 3.8) is 0 Å². The molecule has 1 aliphatic carbocycles. The summed E-state index contributed by atoms with van der Waals surface area (Å²) in [6.45, 7) is 6.21. The number of carbonyl (C=O) groups excluding carboxylic acids is 2. The third kappa shape index (κ3) is 4.14. The minimum Gasteiger partial charge on any atom is -0.530 e. The third-order valence-electron chi connectivity index (χ3n) is 7.55. The van der Waals surface area contributed by atoms with Crippen LogP contribution in [0, 0.1) is 20.8 Å². The molecule has 5 aromatic rings. The smallest absolute Gasteiger partial charge is 0.346 e. The van der Waals surface area contributed by atoms with Gasteiger partial charge in [0.1, 0.15) is 5.75 Å². The average Bonchev–Trinajstić information content (AvgIpc) is 2.96. The number of carbonyl (C=O) groups is 2. The molecule has 0 aliphatic heterocycles. The van der Waals surface area contributed by atoms with E-state index in [1.807, 2.05) is 12.1 Å². The van der Waals surface area contributed by atoms with Crippen LogP contribution in [-0.4, -0.2) is 19.9 Å². The lowest BCUT2D eigenvalue weighted by Crippen LogP contribution is -2.71. The van der Waals surface area contributed by atoms with Crippen LogP contribution in [0.1, 0.15) is 48.5 Å². The molecule has 0 amide bonds. The average molecular weight is 525 g/mol. The van der Waals surface area contributed by atoms with E-state index in [1.165, 1.54) is 0 Å². The van der Waals surface area contributed by atoms with Gasteiger partial charge in [-0.1, -0.05) is 126 Å². The number of fused-ring (bicyclic) bond motifs is 2. The first-order chi connectivity index (χ1) is 18.9. The first kappa shape index (κ1) is 24.8. The third-order valence-corrected chi connectivity index (χ3v) is 11.5. The van der Waals surface area contributed by atoms with Gasteiger partial charge in [0.2, 0.25) is 0 Å². The summed E-state index contributed by atoms with van der Waals surface area (Å²) in [5, 5.41) is 3.19. The number of ketones is 2. The van der Waals surface area contributed by atoms with Crippen molar-refractivity contribution in [2.24, 2.45) is 0 Å². The minimum absolute atomic E-state index is 0.154. The second kappa shape index (κ2) is 9.64. The predicted molar refractivity (Wildman–Crippen MR) is 159 cm³/mol. The number of aryl methyl sites for hydroxylation is 3. The highest BCUT2D eigenvalue weighted by Gasteiger charge is 2.45. The molecule has 0 radical (unpaired) electrons. The van der Waals surface area contributed by atoms with Crippen molar-refractivity contribution in [3.05, 3.63) is 154 Å². The first-order valence-corrected chi connectivity index (χ1v) is 15.0. The molecule has 39 heavy (non-hydrogen) atoms. The van der Waals surface area contributed by atoms with Crippen LogP contribution in [0.5, 0.6) is 5.75 Å². The van der Waals surface area contributed by atoms with E-state index in [1.54, 1.807) is 30.3 Å². The Hall–Kier alpha value is -4.54. The lowest BCUT2D eigenvalue weighted by molar-refractivity contribution is 0.0977. The van der Waals surface area contributed by atoms with Crippen LogP contribution >= 0.6 is 0 Å². The molecule has 0 N–H and O–H groups in total. The zero-order valence-corrected chi connectivity index (χ0v) is 23.2. The molecule has 3 nitrogen and oxygen atoms in total. The molecule has 6 rings (SSSR count). The summed E-state index contributed by atoms with van der Waals surface area (Å²) in [5.41, 5.74) is 5.04. The lowest BCUT2D eigenvalue weighted by Gasteiger charge is -2.35. The normalized spacial score (nSPS) is 12.6. The number of rotatable bonds is 5. The molecule has 0 spiro atoms. The van der Waals surface area contributed by atoms with Gasteiger partial charge in [-0.25, -0.2) is 0 Å². The summed E-state index contributed by atoms with van der Waals surface area (Å²) < 4.78 is 7.28. The van der Waals surface area contributed by atoms with Crippen LogP contribution in [0.2, 0.25) is 0 Å². The van der Waals surface area contributed by atoms with Gasteiger partial charge in [0.25, 0.3) is 0 Å². The fraction of sp³-hybridized carbons (Fsp3) is 0.0857. The SMILES string of the molecule is Cc1ccc([Si](Oc2cccc3c2C(=O)c2ccccc2C3=O)(c2ccc(C)cc2)c2ccc(C)cc2)cc1. The number of hydrogen-bond donors (Lipinski definition) is 0. The van der Waals surface area contributed by atoms with Gasteiger partial charge < -0.3 is 4.43 Å². The highest BCUT2D eigenvalue weighted by molar-refractivity contribution is 7.07. The fourth-order valence-electron chi connectivity index (χ4n) is 5.41. The standard InChI is InChI=1S/C35H28O3Si/c1-23-11-17-26(18-12-23)39(27-19-13-24(2)14-20-27,28-21-15-25(3)16-22-28)38-32-10-6-9-31-33(32)35(37)30-8-5-4-7-29(30)34(31)36/h4-22H,1-3H3. The van der Waals surface area contributed by atoms with Gasteiger partial charge in [0.15, 0.2) is 11.6 Å². The summed E-state index contributed by atoms with van der Waals surface area (Å²) in [7, 11) is -3.20. The fourth-order valence-corrected chi connectivity index (χ4v) is 9.17. The summed E-state index contributed by atoms with van der Waals surface area (Å²) in [6.07, 6.45) is 0. The van der Waals surface area contributed by atoms with Crippen LogP contribution in [-0.2, 0) is 0 Å². The molecule has 1 aliphatic rings. The molecular formula is C35H28O3Si. The Bertz CT molecular complexity index is 1610. The summed E-state index contributed by atoms with van der Waals surface area (Å²) in [4.78, 5) is 27.4. The van der Waals surface area contributed by atoms with E-state index in [0.29, 0.717) is 28.0 Å².